The normalized spacial score (nSPS) is 24.9. The number of aromatic amines is 1. The number of nitrogens with two attached hydrogens (primary N) is 1. The number of benzene rings is 1. The summed E-state index contributed by atoms with van der Waals surface area (Å²) in [6, 6.07) is 9.70. The average molecular weight is 516 g/mol. The second kappa shape index (κ2) is 6.67. The van der Waals surface area contributed by atoms with Gasteiger partial charge in [-0.05, 0) is 42.0 Å². The Balaban J connectivity index is 1.30. The molecule has 2 bridgehead atoms. The summed E-state index contributed by atoms with van der Waals surface area (Å²) in [5, 5.41) is 0.207. The van der Waals surface area contributed by atoms with Gasteiger partial charge in [0, 0.05) is 40.1 Å². The van der Waals surface area contributed by atoms with Gasteiger partial charge in [-0.2, -0.15) is 4.39 Å². The summed E-state index contributed by atoms with van der Waals surface area (Å²) in [7, 11) is 0. The summed E-state index contributed by atoms with van der Waals surface area (Å²) in [5.74, 6) is -0.244. The van der Waals surface area contributed by atoms with Crippen molar-refractivity contribution in [2.45, 2.75) is 17.8 Å². The summed E-state index contributed by atoms with van der Waals surface area (Å²) in [6.45, 7) is 0. The molecule has 12 heteroatoms. The van der Waals surface area contributed by atoms with Crippen molar-refractivity contribution < 1.29 is 22.3 Å². The molecule has 7 nitrogen and oxygen atoms in total. The first-order valence-electron chi connectivity index (χ1n) is 10.9. The van der Waals surface area contributed by atoms with Gasteiger partial charge in [-0.25, -0.2) is 9.97 Å². The van der Waals surface area contributed by atoms with Crippen LogP contribution >= 0.6 is 11.6 Å². The third-order valence-corrected chi connectivity index (χ3v) is 7.53. The van der Waals surface area contributed by atoms with Gasteiger partial charge in [-0.3, -0.25) is 9.36 Å². The molecule has 4 aromatic rings. The number of nitrogen functional groups attached to an aromatic ring is 1. The van der Waals surface area contributed by atoms with E-state index in [4.69, 9.17) is 17.3 Å². The molecule has 2 aliphatic carbocycles. The van der Waals surface area contributed by atoms with Gasteiger partial charge in [0.05, 0.1) is 17.5 Å². The summed E-state index contributed by atoms with van der Waals surface area (Å²) in [6.07, 6.45) is -3.42. The maximum Gasteiger partial charge on any atom is 0.573 e. The number of halogens is 5. The van der Waals surface area contributed by atoms with E-state index >= 15 is 0 Å². The maximum absolute atomic E-state index is 14.3. The number of rotatable bonds is 4. The molecule has 2 aliphatic heterocycles. The quantitative estimate of drug-likeness (QED) is 0.304. The minimum absolute atomic E-state index is 0.0523. The zero-order chi connectivity index (χ0) is 25.1. The Hall–Kier alpha value is -3.86. The number of anilines is 1. The molecule has 0 saturated heterocycles. The molecule has 1 aromatic carbocycles. The second-order valence-electron chi connectivity index (χ2n) is 9.15. The van der Waals surface area contributed by atoms with Crippen molar-refractivity contribution in [3.05, 3.63) is 81.5 Å². The Morgan fingerprint density at radius 2 is 1.89 bits per heavy atom. The number of pyridine rings is 2. The van der Waals surface area contributed by atoms with E-state index in [2.05, 4.69) is 19.7 Å². The summed E-state index contributed by atoms with van der Waals surface area (Å²) in [4.78, 5) is 24.5. The number of nitrogens with one attached hydrogen (secondary N) is 1. The maximum atomic E-state index is 14.3. The Morgan fingerprint density at radius 3 is 2.61 bits per heavy atom. The first-order chi connectivity index (χ1) is 17.1. The Labute approximate surface area is 204 Å². The topological polar surface area (TPSA) is 98.8 Å². The highest BCUT2D eigenvalue weighted by molar-refractivity contribution is 6.31. The van der Waals surface area contributed by atoms with Crippen molar-refractivity contribution in [1.29, 1.82) is 0 Å². The van der Waals surface area contributed by atoms with E-state index in [9.17, 15) is 22.4 Å². The molecule has 2 atom stereocenters. The predicted octanol–water partition coefficient (Wildman–Crippen LogP) is 4.67. The SMILES string of the molecule is Nc1ccc(-c2cnc(C34C5C(c6cc(-c7cc(Cl)ccc7OC(F)(F)F)cc(=O)n63)C54)[nH]2)c(F)n1. The third kappa shape index (κ3) is 2.77. The molecule has 0 spiro atoms. The van der Waals surface area contributed by atoms with E-state index < -0.39 is 23.6 Å². The van der Waals surface area contributed by atoms with Crippen molar-refractivity contribution in [1.82, 2.24) is 19.5 Å². The fourth-order valence-corrected chi connectivity index (χ4v) is 6.07. The van der Waals surface area contributed by atoms with E-state index in [0.29, 0.717) is 17.2 Å². The van der Waals surface area contributed by atoms with Gasteiger partial charge in [0.1, 0.15) is 22.9 Å². The van der Waals surface area contributed by atoms with Gasteiger partial charge < -0.3 is 15.5 Å². The van der Waals surface area contributed by atoms with Gasteiger partial charge in [0.25, 0.3) is 5.56 Å². The molecular weight excluding hydrogens is 502 g/mol. The van der Waals surface area contributed by atoms with Crippen LogP contribution in [0.1, 0.15) is 17.4 Å². The van der Waals surface area contributed by atoms with Gasteiger partial charge >= 0.3 is 6.36 Å². The summed E-state index contributed by atoms with van der Waals surface area (Å²) >= 11 is 6.04. The smallest absolute Gasteiger partial charge is 0.405 e. The fourth-order valence-electron chi connectivity index (χ4n) is 5.89. The van der Waals surface area contributed by atoms with Gasteiger partial charge in [0.2, 0.25) is 5.95 Å². The summed E-state index contributed by atoms with van der Waals surface area (Å²) < 4.78 is 59.0. The molecule has 0 amide bonds. The number of hydrogen-bond acceptors (Lipinski definition) is 5. The van der Waals surface area contributed by atoms with Crippen LogP contribution in [0.4, 0.5) is 23.4 Å². The van der Waals surface area contributed by atoms with Crippen LogP contribution in [-0.2, 0) is 5.54 Å². The number of H-pyrrole nitrogens is 1. The lowest BCUT2D eigenvalue weighted by molar-refractivity contribution is -0.274. The van der Waals surface area contributed by atoms with Crippen molar-refractivity contribution in [3.63, 3.8) is 0 Å². The third-order valence-electron chi connectivity index (χ3n) is 7.29. The summed E-state index contributed by atoms with van der Waals surface area (Å²) in [5.41, 5.74) is 6.13. The van der Waals surface area contributed by atoms with Gasteiger partial charge in [0.15, 0.2) is 0 Å². The molecule has 0 radical (unpaired) electrons. The number of imidazole rings is 1. The largest absolute Gasteiger partial charge is 0.573 e. The molecule has 3 N–H and O–H groups in total. The van der Waals surface area contributed by atoms with Crippen molar-refractivity contribution in [2.24, 2.45) is 11.8 Å². The van der Waals surface area contributed by atoms with Crippen LogP contribution in [0.25, 0.3) is 22.4 Å². The molecule has 36 heavy (non-hydrogen) atoms. The zero-order valence-electron chi connectivity index (χ0n) is 18.0. The molecule has 5 heterocycles. The first-order valence-corrected chi connectivity index (χ1v) is 11.3. The lowest BCUT2D eigenvalue weighted by Crippen LogP contribution is -2.32. The van der Waals surface area contributed by atoms with E-state index in [1.165, 1.54) is 36.5 Å². The first kappa shape index (κ1) is 21.4. The van der Waals surface area contributed by atoms with Gasteiger partial charge in [-0.1, -0.05) is 11.6 Å². The molecular formula is C24H14ClF4N5O2. The molecule has 2 unspecified atom stereocenters. The van der Waals surface area contributed by atoms with Crippen LogP contribution in [0.5, 0.6) is 5.75 Å². The molecule has 8 rings (SSSR count). The van der Waals surface area contributed by atoms with Crippen LogP contribution in [-0.4, -0.2) is 25.9 Å². The van der Waals surface area contributed by atoms with Crippen LogP contribution in [0, 0.1) is 17.8 Å². The van der Waals surface area contributed by atoms with Crippen LogP contribution in [0.2, 0.25) is 5.02 Å². The minimum atomic E-state index is -4.90. The Morgan fingerprint density at radius 1 is 1.11 bits per heavy atom. The van der Waals surface area contributed by atoms with E-state index in [1.807, 2.05) is 0 Å². The average Bonchev–Trinajstić information content (AvgIpc) is 3.51. The lowest BCUT2D eigenvalue weighted by atomic mass is 10.00. The lowest BCUT2D eigenvalue weighted by Gasteiger charge is -2.18. The highest BCUT2D eigenvalue weighted by atomic mass is 35.5. The highest BCUT2D eigenvalue weighted by Crippen LogP contribution is 2.89. The molecule has 4 aliphatic rings. The molecule has 2 fully saturated rings. The van der Waals surface area contributed by atoms with Crippen molar-refractivity contribution in [3.8, 4) is 28.1 Å². The number of ether oxygens (including phenoxy) is 1. The molecule has 182 valence electrons. The number of hydrogen-bond donors (Lipinski definition) is 2. The van der Waals surface area contributed by atoms with Crippen LogP contribution in [0.15, 0.2) is 53.5 Å². The zero-order valence-corrected chi connectivity index (χ0v) is 18.7. The standard InChI is InChI=1S/C24H14ClF4N5O2/c25-10-1-3-15(36-24(27,28)29)12(7-10)9-5-14-18-19-20(18)23(19,34(14)17(35)6-9)22-31-8-13(32-22)11-2-4-16(30)33-21(11)26/h1-8,18-20H,(H2,30,33)(H,31,32). The van der Waals surface area contributed by atoms with Crippen LogP contribution in [0.3, 0.4) is 0 Å². The van der Waals surface area contributed by atoms with Crippen LogP contribution < -0.4 is 16.0 Å². The van der Waals surface area contributed by atoms with E-state index in [0.717, 1.165) is 6.07 Å². The van der Waals surface area contributed by atoms with Gasteiger partial charge in [-0.15, -0.1) is 13.2 Å². The predicted molar refractivity (Wildman–Crippen MR) is 121 cm³/mol. The Kier molecular flexibility index (Phi) is 3.97. The minimum Gasteiger partial charge on any atom is -0.405 e. The molecule has 2 saturated carbocycles. The number of aromatic nitrogens is 4. The fraction of sp³-hybridized carbons (Fsp3) is 0.208. The molecule has 3 aromatic heterocycles. The van der Waals surface area contributed by atoms with E-state index in [1.54, 1.807) is 10.6 Å². The van der Waals surface area contributed by atoms with Crippen molar-refractivity contribution >= 4 is 17.4 Å². The monoisotopic (exact) mass is 515 g/mol. The highest BCUT2D eigenvalue weighted by Gasteiger charge is 2.92. The number of alkyl halides is 3. The Bertz CT molecular complexity index is 1650. The number of nitrogens with zero attached hydrogens (tertiary/aromatic N) is 3. The van der Waals surface area contributed by atoms with E-state index in [-0.39, 0.29) is 50.8 Å². The van der Waals surface area contributed by atoms with Crippen molar-refractivity contribution in [2.75, 3.05) is 5.73 Å². The second-order valence-corrected chi connectivity index (χ2v) is 9.59.